The summed E-state index contributed by atoms with van der Waals surface area (Å²) in [5.74, 6) is -0.0242. The van der Waals surface area contributed by atoms with Gasteiger partial charge in [-0.1, -0.05) is 0 Å². The molecule has 7 nitrogen and oxygen atoms in total. The summed E-state index contributed by atoms with van der Waals surface area (Å²) in [4.78, 5) is 33.6. The van der Waals surface area contributed by atoms with E-state index in [4.69, 9.17) is 4.42 Å². The normalized spacial score (nSPS) is 15.3. The molecule has 0 spiro atoms. The number of anilines is 1. The minimum atomic E-state index is -4.48. The Labute approximate surface area is 140 Å². The minimum Gasteiger partial charge on any atom is -0.448 e. The maximum atomic E-state index is 12.5. The lowest BCUT2D eigenvalue weighted by atomic mass is 10.3. The van der Waals surface area contributed by atoms with Crippen molar-refractivity contribution in [1.29, 1.82) is 0 Å². The van der Waals surface area contributed by atoms with Crippen molar-refractivity contribution < 1.29 is 27.2 Å². The van der Waals surface area contributed by atoms with Crippen LogP contribution in [0.1, 0.15) is 26.7 Å². The van der Waals surface area contributed by atoms with Crippen molar-refractivity contribution in [3.05, 3.63) is 41.6 Å². The van der Waals surface area contributed by atoms with Crippen molar-refractivity contribution in [3.63, 3.8) is 0 Å². The van der Waals surface area contributed by atoms with Crippen molar-refractivity contribution in [2.24, 2.45) is 0 Å². The number of rotatable bonds is 3. The van der Waals surface area contributed by atoms with Crippen LogP contribution in [0.15, 0.2) is 28.9 Å². The molecular formula is C15H13F3N4O3. The first-order valence-electron chi connectivity index (χ1n) is 7.37. The topological polar surface area (TPSA) is 79.5 Å². The quantitative estimate of drug-likeness (QED) is 0.783. The molecule has 2 aromatic heterocycles. The summed E-state index contributed by atoms with van der Waals surface area (Å²) in [6.45, 7) is 1.41. The summed E-state index contributed by atoms with van der Waals surface area (Å²) in [5.41, 5.74) is -0.908. The first-order chi connectivity index (χ1) is 11.9. The number of piperazine rings is 1. The number of halogens is 3. The highest BCUT2D eigenvalue weighted by Crippen LogP contribution is 2.28. The lowest BCUT2D eigenvalue weighted by molar-refractivity contribution is -0.138. The molecule has 3 rings (SSSR count). The van der Waals surface area contributed by atoms with Gasteiger partial charge >= 0.3 is 6.18 Å². The largest absolute Gasteiger partial charge is 0.448 e. The zero-order valence-corrected chi connectivity index (χ0v) is 12.9. The van der Waals surface area contributed by atoms with Gasteiger partial charge in [-0.2, -0.15) is 13.2 Å². The Morgan fingerprint density at radius 3 is 2.28 bits per heavy atom. The fraction of sp³-hybridized carbons (Fsp3) is 0.333. The molecule has 1 saturated heterocycles. The van der Waals surface area contributed by atoms with Gasteiger partial charge in [0, 0.05) is 38.6 Å². The third kappa shape index (κ3) is 3.62. The van der Waals surface area contributed by atoms with Crippen LogP contribution in [0.5, 0.6) is 0 Å². The molecule has 1 amide bonds. The van der Waals surface area contributed by atoms with Gasteiger partial charge in [0.15, 0.2) is 17.8 Å². The number of alkyl halides is 3. The van der Waals surface area contributed by atoms with E-state index in [2.05, 4.69) is 9.97 Å². The maximum Gasteiger partial charge on any atom is 0.419 e. The molecule has 0 radical (unpaired) electrons. The van der Waals surface area contributed by atoms with Crippen LogP contribution in [0, 0.1) is 0 Å². The zero-order valence-electron chi connectivity index (χ0n) is 12.9. The summed E-state index contributed by atoms with van der Waals surface area (Å²) < 4.78 is 42.7. The highest BCUT2D eigenvalue weighted by Gasteiger charge is 2.32. The van der Waals surface area contributed by atoms with E-state index in [0.29, 0.717) is 32.5 Å². The van der Waals surface area contributed by atoms with E-state index in [1.54, 1.807) is 4.90 Å². The zero-order chi connectivity index (χ0) is 18.0. The van der Waals surface area contributed by atoms with E-state index in [9.17, 15) is 22.8 Å². The Morgan fingerprint density at radius 2 is 1.76 bits per heavy atom. The molecule has 1 fully saturated rings. The third-order valence-corrected chi connectivity index (χ3v) is 3.77. The molecule has 132 valence electrons. The number of furan rings is 1. The first-order valence-corrected chi connectivity index (χ1v) is 7.37. The third-order valence-electron chi connectivity index (χ3n) is 3.77. The van der Waals surface area contributed by atoms with Crippen molar-refractivity contribution in [3.8, 4) is 0 Å². The Morgan fingerprint density at radius 1 is 1.12 bits per heavy atom. The smallest absolute Gasteiger partial charge is 0.419 e. The van der Waals surface area contributed by atoms with Crippen LogP contribution in [0.2, 0.25) is 0 Å². The molecule has 0 bridgehead atoms. The average Bonchev–Trinajstić information content (AvgIpc) is 3.10. The van der Waals surface area contributed by atoms with Crippen LogP contribution in [0.4, 0.5) is 19.1 Å². The molecule has 1 aliphatic rings. The molecule has 0 unspecified atom stereocenters. The standard InChI is InChI=1S/C15H13F3N4O3/c16-15(17,18)10-7-19-14(20-8-10)22-5-3-21(4-6-22)13(24)12-2-1-11(9-23)25-12/h1-2,7-9H,3-6H2. The second-order valence-corrected chi connectivity index (χ2v) is 5.37. The Kier molecular flexibility index (Phi) is 4.43. The van der Waals surface area contributed by atoms with E-state index >= 15 is 0 Å². The van der Waals surface area contributed by atoms with Crippen molar-refractivity contribution in [2.75, 3.05) is 31.1 Å². The van der Waals surface area contributed by atoms with Crippen molar-refractivity contribution in [1.82, 2.24) is 14.9 Å². The number of nitrogens with zero attached hydrogens (tertiary/aromatic N) is 4. The van der Waals surface area contributed by atoms with Crippen LogP contribution >= 0.6 is 0 Å². The molecule has 0 atom stereocenters. The molecule has 2 aromatic rings. The van der Waals surface area contributed by atoms with E-state index in [-0.39, 0.29) is 23.4 Å². The van der Waals surface area contributed by atoms with Gasteiger partial charge in [-0.15, -0.1) is 0 Å². The summed E-state index contributed by atoms with van der Waals surface area (Å²) in [7, 11) is 0. The maximum absolute atomic E-state index is 12.5. The van der Waals surface area contributed by atoms with E-state index in [0.717, 1.165) is 12.4 Å². The lowest BCUT2D eigenvalue weighted by Gasteiger charge is -2.34. The molecular weight excluding hydrogens is 341 g/mol. The highest BCUT2D eigenvalue weighted by molar-refractivity contribution is 5.92. The average molecular weight is 354 g/mol. The fourth-order valence-corrected chi connectivity index (χ4v) is 2.43. The van der Waals surface area contributed by atoms with Crippen molar-refractivity contribution >= 4 is 18.1 Å². The lowest BCUT2D eigenvalue weighted by Crippen LogP contribution is -2.49. The molecule has 0 aliphatic carbocycles. The second kappa shape index (κ2) is 6.54. The monoisotopic (exact) mass is 354 g/mol. The summed E-state index contributed by atoms with van der Waals surface area (Å²) in [6, 6.07) is 2.84. The molecule has 0 aromatic carbocycles. The first kappa shape index (κ1) is 16.9. The van der Waals surface area contributed by atoms with Crippen LogP contribution < -0.4 is 4.90 Å². The van der Waals surface area contributed by atoms with Gasteiger partial charge in [0.25, 0.3) is 5.91 Å². The predicted molar refractivity (Wildman–Crippen MR) is 79.2 cm³/mol. The van der Waals surface area contributed by atoms with Gasteiger partial charge in [-0.05, 0) is 12.1 Å². The summed E-state index contributed by atoms with van der Waals surface area (Å²) >= 11 is 0. The molecule has 3 heterocycles. The van der Waals surface area contributed by atoms with Crippen LogP contribution in [-0.4, -0.2) is 53.2 Å². The number of hydrogen-bond donors (Lipinski definition) is 0. The number of aldehydes is 1. The van der Waals surface area contributed by atoms with Crippen LogP contribution in [0.25, 0.3) is 0 Å². The van der Waals surface area contributed by atoms with E-state index < -0.39 is 11.7 Å². The second-order valence-electron chi connectivity index (χ2n) is 5.37. The highest BCUT2D eigenvalue weighted by atomic mass is 19.4. The Balaban J connectivity index is 1.61. The summed E-state index contributed by atoms with van der Waals surface area (Å²) in [6.07, 6.45) is -2.49. The number of aromatic nitrogens is 2. The van der Waals surface area contributed by atoms with Gasteiger partial charge in [-0.3, -0.25) is 9.59 Å². The van der Waals surface area contributed by atoms with E-state index in [1.807, 2.05) is 0 Å². The minimum absolute atomic E-state index is 0.0696. The summed E-state index contributed by atoms with van der Waals surface area (Å²) in [5, 5.41) is 0. The fourth-order valence-electron chi connectivity index (χ4n) is 2.43. The molecule has 1 aliphatic heterocycles. The molecule has 0 N–H and O–H groups in total. The Hall–Kier alpha value is -2.91. The SMILES string of the molecule is O=Cc1ccc(C(=O)N2CCN(c3ncc(C(F)(F)F)cn3)CC2)o1. The molecule has 25 heavy (non-hydrogen) atoms. The van der Waals surface area contributed by atoms with Gasteiger partial charge in [0.05, 0.1) is 5.56 Å². The van der Waals surface area contributed by atoms with Gasteiger partial charge < -0.3 is 14.2 Å². The van der Waals surface area contributed by atoms with Gasteiger partial charge in [-0.25, -0.2) is 9.97 Å². The number of carbonyl (C=O) groups excluding carboxylic acids is 2. The number of hydrogen-bond acceptors (Lipinski definition) is 6. The predicted octanol–water partition coefficient (Wildman–Crippen LogP) is 1.86. The van der Waals surface area contributed by atoms with Gasteiger partial charge in [0.2, 0.25) is 5.95 Å². The molecule has 0 saturated carbocycles. The van der Waals surface area contributed by atoms with Crippen LogP contribution in [0.3, 0.4) is 0 Å². The Bertz CT molecular complexity index is 765. The van der Waals surface area contributed by atoms with Crippen molar-refractivity contribution in [2.45, 2.75) is 6.18 Å². The van der Waals surface area contributed by atoms with Gasteiger partial charge in [0.1, 0.15) is 0 Å². The van der Waals surface area contributed by atoms with Crippen LogP contribution in [-0.2, 0) is 6.18 Å². The molecule has 10 heteroatoms. The number of amides is 1. The number of carbonyl (C=O) groups is 2. The van der Waals surface area contributed by atoms with E-state index in [1.165, 1.54) is 17.0 Å².